The maximum absolute atomic E-state index is 12.9. The lowest BCUT2D eigenvalue weighted by Crippen LogP contribution is -2.51. The van der Waals surface area contributed by atoms with Crippen molar-refractivity contribution >= 4 is 29.7 Å². The largest absolute Gasteiger partial charge is 0.463 e. The van der Waals surface area contributed by atoms with E-state index < -0.39 is 0 Å². The number of aromatic amines is 1. The zero-order valence-corrected chi connectivity index (χ0v) is 27.9. The number of hydrogen-bond acceptors (Lipinski definition) is 7. The number of benzene rings is 1. The number of urea groups is 1. The molecule has 0 bridgehead atoms. The lowest BCUT2D eigenvalue weighted by atomic mass is 9.62. The third-order valence-electron chi connectivity index (χ3n) is 8.16. The fourth-order valence-electron chi connectivity index (χ4n) is 6.52. The summed E-state index contributed by atoms with van der Waals surface area (Å²) in [6.45, 7) is 12.4. The molecule has 0 aliphatic heterocycles. The van der Waals surface area contributed by atoms with E-state index in [-0.39, 0.29) is 34.4 Å². The minimum atomic E-state index is -0.337. The fraction of sp³-hybridized carbons (Fsp3) is 0.600. The molecular formula is C35H54N6O4. The number of nitrogens with zero attached hydrogens (tertiary/aromatic N) is 1. The van der Waals surface area contributed by atoms with E-state index >= 15 is 0 Å². The summed E-state index contributed by atoms with van der Waals surface area (Å²) in [5, 5.41) is 12.7. The van der Waals surface area contributed by atoms with Gasteiger partial charge in [-0.1, -0.05) is 78.4 Å². The van der Waals surface area contributed by atoms with Gasteiger partial charge in [0, 0.05) is 36.1 Å². The van der Waals surface area contributed by atoms with Crippen molar-refractivity contribution in [1.29, 1.82) is 0 Å². The number of anilines is 2. The van der Waals surface area contributed by atoms with Crippen LogP contribution in [0.3, 0.4) is 0 Å². The summed E-state index contributed by atoms with van der Waals surface area (Å²) in [4.78, 5) is 43.6. The van der Waals surface area contributed by atoms with Crippen molar-refractivity contribution < 1.29 is 14.3 Å². The Morgan fingerprint density at radius 2 is 1.76 bits per heavy atom. The first-order chi connectivity index (χ1) is 21.4. The zero-order valence-electron chi connectivity index (χ0n) is 27.9. The van der Waals surface area contributed by atoms with Crippen LogP contribution < -0.4 is 26.8 Å². The number of H-pyrrole nitrogens is 1. The summed E-state index contributed by atoms with van der Waals surface area (Å²) in [5.74, 6) is 0.106. The standard InChI is InChI=1S/C35H54N6O4/c1-6-7-8-9-10-11-12-19-45-31(43)18-15-27-13-16-28(17-14-27)39-33(44)40-29-21-34(3,4)23-35(5,22-29)24-36-25-37-32-38-26(2)20-30(42)41-32/h13-18,20,29,36H,6-12,19,21-25H2,1-5H3,(H2,39,40,44)(H2,37,38,41,42)/b18-15+. The molecule has 5 N–H and O–H groups in total. The minimum Gasteiger partial charge on any atom is -0.463 e. The summed E-state index contributed by atoms with van der Waals surface area (Å²) in [6.07, 6.45) is 14.2. The van der Waals surface area contributed by atoms with Crippen LogP contribution in [0.1, 0.15) is 103 Å². The van der Waals surface area contributed by atoms with Crippen LogP contribution in [0.2, 0.25) is 0 Å². The second kappa shape index (κ2) is 17.7. The molecule has 1 aliphatic rings. The van der Waals surface area contributed by atoms with Gasteiger partial charge < -0.3 is 25.7 Å². The molecule has 1 aliphatic carbocycles. The van der Waals surface area contributed by atoms with Crippen LogP contribution in [0.4, 0.5) is 16.4 Å². The van der Waals surface area contributed by atoms with Gasteiger partial charge in [-0.05, 0) is 67.2 Å². The van der Waals surface area contributed by atoms with E-state index in [0.717, 1.165) is 49.9 Å². The van der Waals surface area contributed by atoms with Gasteiger partial charge in [0.1, 0.15) is 0 Å². The van der Waals surface area contributed by atoms with Crippen LogP contribution in [0.5, 0.6) is 0 Å². The van der Waals surface area contributed by atoms with Crippen LogP contribution in [0, 0.1) is 17.8 Å². The average Bonchev–Trinajstić information content (AvgIpc) is 2.95. The Morgan fingerprint density at radius 1 is 1.04 bits per heavy atom. The van der Waals surface area contributed by atoms with E-state index in [0.29, 0.717) is 24.9 Å². The number of ether oxygens (including phenoxy) is 1. The van der Waals surface area contributed by atoms with E-state index in [1.165, 1.54) is 44.2 Å². The molecule has 2 atom stereocenters. The number of aromatic nitrogens is 2. The Bertz CT molecular complexity index is 1310. The highest BCUT2D eigenvalue weighted by Crippen LogP contribution is 2.45. The third-order valence-corrected chi connectivity index (χ3v) is 8.16. The Labute approximate surface area is 268 Å². The van der Waals surface area contributed by atoms with Crippen molar-refractivity contribution in [2.75, 3.05) is 30.5 Å². The van der Waals surface area contributed by atoms with Crippen molar-refractivity contribution in [2.45, 2.75) is 105 Å². The fourth-order valence-corrected chi connectivity index (χ4v) is 6.52. The number of unbranched alkanes of at least 4 members (excludes halogenated alkanes) is 6. The number of amides is 2. The SMILES string of the molecule is CCCCCCCCCOC(=O)/C=C/c1ccc(NC(=O)NC2CC(C)(C)CC(C)(CNCNc3nc(=O)cc(C)[nH]3)C2)cc1. The van der Waals surface area contributed by atoms with Crippen molar-refractivity contribution in [1.82, 2.24) is 20.6 Å². The van der Waals surface area contributed by atoms with Gasteiger partial charge in [-0.15, -0.1) is 0 Å². The minimum absolute atomic E-state index is 0.0255. The predicted molar refractivity (Wildman–Crippen MR) is 182 cm³/mol. The highest BCUT2D eigenvalue weighted by molar-refractivity contribution is 5.90. The molecule has 1 aromatic carbocycles. The molecule has 10 nitrogen and oxygen atoms in total. The molecule has 1 fully saturated rings. The van der Waals surface area contributed by atoms with Gasteiger partial charge >= 0.3 is 12.0 Å². The maximum atomic E-state index is 12.9. The molecule has 2 aromatic rings. The van der Waals surface area contributed by atoms with Crippen molar-refractivity contribution in [3.63, 3.8) is 0 Å². The summed E-state index contributed by atoms with van der Waals surface area (Å²) in [7, 11) is 0. The predicted octanol–water partition coefficient (Wildman–Crippen LogP) is 6.75. The molecule has 0 radical (unpaired) electrons. The molecule has 2 unspecified atom stereocenters. The number of aryl methyl sites for hydroxylation is 1. The number of rotatable bonds is 17. The average molecular weight is 623 g/mol. The van der Waals surface area contributed by atoms with Crippen molar-refractivity contribution in [3.8, 4) is 0 Å². The molecule has 0 spiro atoms. The van der Waals surface area contributed by atoms with E-state index in [1.807, 2.05) is 31.2 Å². The quantitative estimate of drug-likeness (QED) is 0.0570. The van der Waals surface area contributed by atoms with Crippen LogP contribution in [0.15, 0.2) is 41.2 Å². The van der Waals surface area contributed by atoms with Gasteiger partial charge in [0.05, 0.1) is 13.3 Å². The first kappa shape index (κ1) is 35.8. The first-order valence-corrected chi connectivity index (χ1v) is 16.5. The van der Waals surface area contributed by atoms with Crippen LogP contribution in [-0.4, -0.2) is 47.8 Å². The van der Waals surface area contributed by atoms with Crippen LogP contribution >= 0.6 is 0 Å². The zero-order chi connectivity index (χ0) is 32.7. The highest BCUT2D eigenvalue weighted by Gasteiger charge is 2.41. The monoisotopic (exact) mass is 622 g/mol. The Morgan fingerprint density at radius 3 is 2.47 bits per heavy atom. The second-order valence-corrected chi connectivity index (χ2v) is 13.6. The van der Waals surface area contributed by atoms with E-state index in [9.17, 15) is 14.4 Å². The topological polar surface area (TPSA) is 137 Å². The smallest absolute Gasteiger partial charge is 0.330 e. The summed E-state index contributed by atoms with van der Waals surface area (Å²) < 4.78 is 5.31. The van der Waals surface area contributed by atoms with Crippen molar-refractivity contribution in [2.24, 2.45) is 10.8 Å². The van der Waals surface area contributed by atoms with Crippen molar-refractivity contribution in [3.05, 3.63) is 58.0 Å². The molecule has 1 saturated carbocycles. The molecule has 3 rings (SSSR count). The molecular weight excluding hydrogens is 568 g/mol. The number of nitrogens with one attached hydrogen (secondary N) is 5. The maximum Gasteiger partial charge on any atom is 0.330 e. The lowest BCUT2D eigenvalue weighted by Gasteiger charge is -2.47. The third kappa shape index (κ3) is 13.9. The summed E-state index contributed by atoms with van der Waals surface area (Å²) in [6, 6.07) is 8.62. The van der Waals surface area contributed by atoms with E-state index in [2.05, 4.69) is 58.9 Å². The van der Waals surface area contributed by atoms with Gasteiger partial charge in [0.25, 0.3) is 5.56 Å². The molecule has 248 valence electrons. The molecule has 10 heteroatoms. The highest BCUT2D eigenvalue weighted by atomic mass is 16.5. The van der Waals surface area contributed by atoms with Gasteiger partial charge in [0.15, 0.2) is 0 Å². The number of hydrogen-bond donors (Lipinski definition) is 5. The molecule has 2 amide bonds. The Hall–Kier alpha value is -3.66. The summed E-state index contributed by atoms with van der Waals surface area (Å²) in [5.41, 5.74) is 2.04. The van der Waals surface area contributed by atoms with Gasteiger partial charge in [-0.25, -0.2) is 9.59 Å². The van der Waals surface area contributed by atoms with Crippen LogP contribution in [0.25, 0.3) is 6.08 Å². The lowest BCUT2D eigenvalue weighted by molar-refractivity contribution is -0.137. The number of carbonyl (C=O) groups is 2. The molecule has 1 aromatic heterocycles. The van der Waals surface area contributed by atoms with Gasteiger partial charge in [-0.2, -0.15) is 4.98 Å². The summed E-state index contributed by atoms with van der Waals surface area (Å²) >= 11 is 0. The van der Waals surface area contributed by atoms with Gasteiger partial charge in [-0.3, -0.25) is 10.1 Å². The first-order valence-electron chi connectivity index (χ1n) is 16.5. The molecule has 0 saturated heterocycles. The Kier molecular flexibility index (Phi) is 14.1. The Balaban J connectivity index is 1.40. The van der Waals surface area contributed by atoms with Gasteiger partial charge in [0.2, 0.25) is 5.95 Å². The number of carbonyl (C=O) groups excluding carboxylic acids is 2. The molecule has 45 heavy (non-hydrogen) atoms. The second-order valence-electron chi connectivity index (χ2n) is 13.6. The molecule has 1 heterocycles. The van der Waals surface area contributed by atoms with E-state index in [4.69, 9.17) is 4.74 Å². The number of esters is 1. The normalized spacial score (nSPS) is 19.3. The van der Waals surface area contributed by atoms with E-state index in [1.54, 1.807) is 6.08 Å². The van der Waals surface area contributed by atoms with Crippen LogP contribution in [-0.2, 0) is 9.53 Å².